The zero-order valence-electron chi connectivity index (χ0n) is 12.3. The molecule has 1 saturated carbocycles. The SMILES string of the molecule is O=C(CNCC1CC1)NC1CCN(c2ncccn2)CC1. The number of nitrogens with zero attached hydrogens (tertiary/aromatic N) is 3. The smallest absolute Gasteiger partial charge is 0.234 e. The van der Waals surface area contributed by atoms with Crippen molar-refractivity contribution in [2.45, 2.75) is 31.7 Å². The van der Waals surface area contributed by atoms with E-state index in [0.29, 0.717) is 6.54 Å². The summed E-state index contributed by atoms with van der Waals surface area (Å²) < 4.78 is 0. The molecule has 2 heterocycles. The van der Waals surface area contributed by atoms with Crippen molar-refractivity contribution in [3.8, 4) is 0 Å². The van der Waals surface area contributed by atoms with Crippen molar-refractivity contribution in [1.29, 1.82) is 0 Å². The Balaban J connectivity index is 1.36. The van der Waals surface area contributed by atoms with E-state index in [2.05, 4.69) is 25.5 Å². The first-order valence-corrected chi connectivity index (χ1v) is 7.83. The summed E-state index contributed by atoms with van der Waals surface area (Å²) in [6, 6.07) is 2.10. The standard InChI is InChI=1S/C15H23N5O/c21-14(11-16-10-12-2-3-12)19-13-4-8-20(9-5-13)15-17-6-1-7-18-15/h1,6-7,12-13,16H,2-5,8-11H2,(H,19,21). The summed E-state index contributed by atoms with van der Waals surface area (Å²) in [6.45, 7) is 3.21. The van der Waals surface area contributed by atoms with Gasteiger partial charge in [-0.3, -0.25) is 4.79 Å². The van der Waals surface area contributed by atoms with Crippen molar-refractivity contribution in [1.82, 2.24) is 20.6 Å². The molecule has 1 aliphatic heterocycles. The quantitative estimate of drug-likeness (QED) is 0.801. The van der Waals surface area contributed by atoms with Gasteiger partial charge in [0, 0.05) is 31.5 Å². The Morgan fingerprint density at radius 3 is 2.57 bits per heavy atom. The molecule has 0 bridgehead atoms. The van der Waals surface area contributed by atoms with Crippen LogP contribution >= 0.6 is 0 Å². The van der Waals surface area contributed by atoms with E-state index in [4.69, 9.17) is 0 Å². The molecule has 0 unspecified atom stereocenters. The van der Waals surface area contributed by atoms with Crippen molar-refractivity contribution >= 4 is 11.9 Å². The second-order valence-corrected chi connectivity index (χ2v) is 5.95. The molecule has 1 aromatic heterocycles. The molecule has 1 aliphatic carbocycles. The number of piperidine rings is 1. The van der Waals surface area contributed by atoms with E-state index < -0.39 is 0 Å². The van der Waals surface area contributed by atoms with E-state index >= 15 is 0 Å². The van der Waals surface area contributed by atoms with Gasteiger partial charge in [0.2, 0.25) is 11.9 Å². The predicted octanol–water partition coefficient (Wildman–Crippen LogP) is 0.561. The Labute approximate surface area is 125 Å². The summed E-state index contributed by atoms with van der Waals surface area (Å²) in [5.41, 5.74) is 0. The van der Waals surface area contributed by atoms with Crippen LogP contribution in [0.3, 0.4) is 0 Å². The van der Waals surface area contributed by atoms with Crippen LogP contribution in [0.5, 0.6) is 0 Å². The van der Waals surface area contributed by atoms with Gasteiger partial charge < -0.3 is 15.5 Å². The second-order valence-electron chi connectivity index (χ2n) is 5.95. The van der Waals surface area contributed by atoms with Crippen LogP contribution in [0.1, 0.15) is 25.7 Å². The van der Waals surface area contributed by atoms with Crippen LogP contribution in [0, 0.1) is 5.92 Å². The first kappa shape index (κ1) is 14.3. The minimum absolute atomic E-state index is 0.116. The van der Waals surface area contributed by atoms with Crippen molar-refractivity contribution in [2.24, 2.45) is 5.92 Å². The molecule has 1 aromatic rings. The molecule has 2 fully saturated rings. The highest BCUT2D eigenvalue weighted by Gasteiger charge is 2.23. The lowest BCUT2D eigenvalue weighted by molar-refractivity contribution is -0.121. The van der Waals surface area contributed by atoms with Gasteiger partial charge in [-0.25, -0.2) is 9.97 Å². The molecular formula is C15H23N5O. The van der Waals surface area contributed by atoms with Crippen LogP contribution in [0.25, 0.3) is 0 Å². The summed E-state index contributed by atoms with van der Waals surface area (Å²) in [5.74, 6) is 1.71. The molecule has 0 spiro atoms. The van der Waals surface area contributed by atoms with Gasteiger partial charge in [-0.15, -0.1) is 0 Å². The normalized spacial score (nSPS) is 19.5. The van der Waals surface area contributed by atoms with Crippen LogP contribution in [0.4, 0.5) is 5.95 Å². The van der Waals surface area contributed by atoms with E-state index in [9.17, 15) is 4.79 Å². The highest BCUT2D eigenvalue weighted by atomic mass is 16.1. The van der Waals surface area contributed by atoms with Gasteiger partial charge in [0.25, 0.3) is 0 Å². The molecule has 1 saturated heterocycles. The summed E-state index contributed by atoms with van der Waals surface area (Å²) in [4.78, 5) is 22.6. The number of hydrogen-bond acceptors (Lipinski definition) is 5. The van der Waals surface area contributed by atoms with Gasteiger partial charge in [0.15, 0.2) is 0 Å². The molecule has 6 nitrogen and oxygen atoms in total. The summed E-state index contributed by atoms with van der Waals surface area (Å²) in [6.07, 6.45) is 8.06. The number of anilines is 1. The van der Waals surface area contributed by atoms with E-state index in [1.807, 2.05) is 6.07 Å². The summed E-state index contributed by atoms with van der Waals surface area (Å²) in [5, 5.41) is 6.34. The van der Waals surface area contributed by atoms with E-state index in [1.54, 1.807) is 12.4 Å². The van der Waals surface area contributed by atoms with Crippen molar-refractivity contribution in [3.63, 3.8) is 0 Å². The third-order valence-electron chi connectivity index (χ3n) is 4.11. The van der Waals surface area contributed by atoms with E-state index in [1.165, 1.54) is 12.8 Å². The topological polar surface area (TPSA) is 70.2 Å². The molecule has 0 aromatic carbocycles. The maximum Gasteiger partial charge on any atom is 0.234 e. The van der Waals surface area contributed by atoms with Gasteiger partial charge in [-0.05, 0) is 44.2 Å². The Bertz CT molecular complexity index is 454. The van der Waals surface area contributed by atoms with Crippen LogP contribution in [-0.4, -0.2) is 48.1 Å². The number of amides is 1. The van der Waals surface area contributed by atoms with Gasteiger partial charge in [-0.2, -0.15) is 0 Å². The minimum Gasteiger partial charge on any atom is -0.352 e. The maximum atomic E-state index is 11.9. The van der Waals surface area contributed by atoms with Gasteiger partial charge in [-0.1, -0.05) is 0 Å². The lowest BCUT2D eigenvalue weighted by Gasteiger charge is -2.32. The fourth-order valence-electron chi connectivity index (χ4n) is 2.67. The Morgan fingerprint density at radius 1 is 1.19 bits per heavy atom. The van der Waals surface area contributed by atoms with Crippen molar-refractivity contribution in [3.05, 3.63) is 18.5 Å². The van der Waals surface area contributed by atoms with Crippen LogP contribution in [0.15, 0.2) is 18.5 Å². The molecular weight excluding hydrogens is 266 g/mol. The summed E-state index contributed by atoms with van der Waals surface area (Å²) >= 11 is 0. The lowest BCUT2D eigenvalue weighted by atomic mass is 10.1. The largest absolute Gasteiger partial charge is 0.352 e. The van der Waals surface area contributed by atoms with Gasteiger partial charge in [0.05, 0.1) is 6.54 Å². The average Bonchev–Trinajstić information content (AvgIpc) is 3.33. The maximum absolute atomic E-state index is 11.9. The fourth-order valence-corrected chi connectivity index (χ4v) is 2.67. The van der Waals surface area contributed by atoms with Crippen molar-refractivity contribution < 1.29 is 4.79 Å². The Morgan fingerprint density at radius 2 is 1.90 bits per heavy atom. The number of nitrogens with one attached hydrogen (secondary N) is 2. The lowest BCUT2D eigenvalue weighted by Crippen LogP contribution is -2.47. The third kappa shape index (κ3) is 4.39. The second kappa shape index (κ2) is 6.85. The molecule has 0 radical (unpaired) electrons. The average molecular weight is 289 g/mol. The Hall–Kier alpha value is -1.69. The van der Waals surface area contributed by atoms with Crippen molar-refractivity contribution in [2.75, 3.05) is 31.1 Å². The monoisotopic (exact) mass is 289 g/mol. The van der Waals surface area contributed by atoms with Crippen LogP contribution < -0.4 is 15.5 Å². The zero-order chi connectivity index (χ0) is 14.5. The number of carbonyl (C=O) groups is 1. The molecule has 114 valence electrons. The van der Waals surface area contributed by atoms with E-state index in [0.717, 1.165) is 44.3 Å². The number of aromatic nitrogens is 2. The predicted molar refractivity (Wildman–Crippen MR) is 81.0 cm³/mol. The molecule has 0 atom stereocenters. The zero-order valence-corrected chi connectivity index (χ0v) is 12.3. The molecule has 3 rings (SSSR count). The number of rotatable bonds is 6. The Kier molecular flexibility index (Phi) is 4.65. The molecule has 1 amide bonds. The first-order valence-electron chi connectivity index (χ1n) is 7.83. The molecule has 6 heteroatoms. The minimum atomic E-state index is 0.116. The highest BCUT2D eigenvalue weighted by Crippen LogP contribution is 2.27. The fraction of sp³-hybridized carbons (Fsp3) is 0.667. The van der Waals surface area contributed by atoms with Crippen LogP contribution in [0.2, 0.25) is 0 Å². The summed E-state index contributed by atoms with van der Waals surface area (Å²) in [7, 11) is 0. The molecule has 2 N–H and O–H groups in total. The molecule has 21 heavy (non-hydrogen) atoms. The number of hydrogen-bond donors (Lipinski definition) is 2. The number of carbonyl (C=O) groups excluding carboxylic acids is 1. The first-order chi connectivity index (χ1) is 10.3. The van der Waals surface area contributed by atoms with Gasteiger partial charge >= 0.3 is 0 Å². The third-order valence-corrected chi connectivity index (χ3v) is 4.11. The molecule has 2 aliphatic rings. The highest BCUT2D eigenvalue weighted by molar-refractivity contribution is 5.78. The van der Waals surface area contributed by atoms with Gasteiger partial charge in [0.1, 0.15) is 0 Å². The van der Waals surface area contributed by atoms with Crippen LogP contribution in [-0.2, 0) is 4.79 Å². The van der Waals surface area contributed by atoms with E-state index in [-0.39, 0.29) is 11.9 Å².